The molecule has 0 radical (unpaired) electrons. The standard InChI is InChI=1S/C10H12BrNO2/c1-6-3-7(2)10(8(11)4-6)14-5-9(12)13/h3-4H,5H2,1-2H3,(H2,12,13). The number of amides is 1. The van der Waals surface area contributed by atoms with Crippen LogP contribution in [0.5, 0.6) is 5.75 Å². The molecule has 0 aliphatic carbocycles. The van der Waals surface area contributed by atoms with Gasteiger partial charge in [0.1, 0.15) is 5.75 Å². The Bertz CT molecular complexity index is 340. The third kappa shape index (κ3) is 2.73. The van der Waals surface area contributed by atoms with Gasteiger partial charge in [0.15, 0.2) is 6.61 Å². The van der Waals surface area contributed by atoms with E-state index in [0.717, 1.165) is 15.6 Å². The molecule has 0 saturated carbocycles. The van der Waals surface area contributed by atoms with Crippen molar-refractivity contribution < 1.29 is 9.53 Å². The lowest BCUT2D eigenvalue weighted by Crippen LogP contribution is -2.20. The summed E-state index contributed by atoms with van der Waals surface area (Å²) in [4.78, 5) is 10.5. The summed E-state index contributed by atoms with van der Waals surface area (Å²) in [5, 5.41) is 0. The van der Waals surface area contributed by atoms with Gasteiger partial charge in [0.25, 0.3) is 5.91 Å². The summed E-state index contributed by atoms with van der Waals surface area (Å²) in [7, 11) is 0. The number of hydrogen-bond donors (Lipinski definition) is 1. The number of ether oxygens (including phenoxy) is 1. The van der Waals surface area contributed by atoms with E-state index in [1.54, 1.807) is 0 Å². The van der Waals surface area contributed by atoms with Gasteiger partial charge in [-0.25, -0.2) is 0 Å². The van der Waals surface area contributed by atoms with Crippen LogP contribution in [0.3, 0.4) is 0 Å². The smallest absolute Gasteiger partial charge is 0.255 e. The van der Waals surface area contributed by atoms with Gasteiger partial charge in [0, 0.05) is 0 Å². The number of halogens is 1. The van der Waals surface area contributed by atoms with E-state index in [-0.39, 0.29) is 6.61 Å². The highest BCUT2D eigenvalue weighted by atomic mass is 79.9. The maximum Gasteiger partial charge on any atom is 0.255 e. The quantitative estimate of drug-likeness (QED) is 0.900. The van der Waals surface area contributed by atoms with Gasteiger partial charge in [0.05, 0.1) is 4.47 Å². The Balaban J connectivity index is 2.91. The Labute approximate surface area is 91.4 Å². The van der Waals surface area contributed by atoms with Crippen molar-refractivity contribution in [3.8, 4) is 5.75 Å². The Morgan fingerprint density at radius 1 is 1.50 bits per heavy atom. The minimum absolute atomic E-state index is 0.0947. The lowest BCUT2D eigenvalue weighted by Gasteiger charge is -2.10. The maximum absolute atomic E-state index is 10.5. The van der Waals surface area contributed by atoms with E-state index in [1.165, 1.54) is 0 Å². The molecule has 4 heteroatoms. The van der Waals surface area contributed by atoms with E-state index in [2.05, 4.69) is 15.9 Å². The van der Waals surface area contributed by atoms with E-state index < -0.39 is 5.91 Å². The normalized spacial score (nSPS) is 9.93. The Morgan fingerprint density at radius 2 is 2.14 bits per heavy atom. The maximum atomic E-state index is 10.5. The number of aryl methyl sites for hydroxylation is 2. The van der Waals surface area contributed by atoms with Crippen LogP contribution in [-0.2, 0) is 4.79 Å². The molecule has 0 aliphatic heterocycles. The molecule has 0 atom stereocenters. The van der Waals surface area contributed by atoms with E-state index in [4.69, 9.17) is 10.5 Å². The second-order valence-corrected chi connectivity index (χ2v) is 4.00. The molecule has 0 saturated heterocycles. The summed E-state index contributed by atoms with van der Waals surface area (Å²) in [5.41, 5.74) is 7.12. The van der Waals surface area contributed by atoms with E-state index >= 15 is 0 Å². The van der Waals surface area contributed by atoms with Crippen molar-refractivity contribution in [1.29, 1.82) is 0 Å². The summed E-state index contributed by atoms with van der Waals surface area (Å²) in [5.74, 6) is 0.200. The summed E-state index contributed by atoms with van der Waals surface area (Å²) < 4.78 is 6.11. The first-order valence-electron chi connectivity index (χ1n) is 4.18. The SMILES string of the molecule is Cc1cc(C)c(OCC(N)=O)c(Br)c1. The fraction of sp³-hybridized carbons (Fsp3) is 0.300. The number of rotatable bonds is 3. The third-order valence-electron chi connectivity index (χ3n) is 1.73. The van der Waals surface area contributed by atoms with E-state index in [0.29, 0.717) is 5.75 Å². The molecule has 0 fully saturated rings. The van der Waals surface area contributed by atoms with Crippen molar-refractivity contribution >= 4 is 21.8 Å². The zero-order valence-corrected chi connectivity index (χ0v) is 9.72. The van der Waals surface area contributed by atoms with Crippen LogP contribution in [0.15, 0.2) is 16.6 Å². The molecule has 2 N–H and O–H groups in total. The van der Waals surface area contributed by atoms with Crippen LogP contribution in [0, 0.1) is 13.8 Å². The Kier molecular flexibility index (Phi) is 3.52. The first-order valence-corrected chi connectivity index (χ1v) is 4.98. The van der Waals surface area contributed by atoms with Crippen molar-refractivity contribution in [1.82, 2.24) is 0 Å². The van der Waals surface area contributed by atoms with E-state index in [9.17, 15) is 4.79 Å². The van der Waals surface area contributed by atoms with Crippen molar-refractivity contribution in [2.75, 3.05) is 6.61 Å². The first kappa shape index (κ1) is 11.0. The molecular formula is C10H12BrNO2. The van der Waals surface area contributed by atoms with Crippen LogP contribution in [0.2, 0.25) is 0 Å². The van der Waals surface area contributed by atoms with Gasteiger partial charge in [0.2, 0.25) is 0 Å². The number of carbonyl (C=O) groups excluding carboxylic acids is 1. The molecule has 0 aromatic heterocycles. The monoisotopic (exact) mass is 257 g/mol. The van der Waals surface area contributed by atoms with Gasteiger partial charge in [-0.05, 0) is 47.0 Å². The summed E-state index contributed by atoms with van der Waals surface area (Å²) in [6, 6.07) is 3.92. The summed E-state index contributed by atoms with van der Waals surface area (Å²) >= 11 is 3.37. The number of nitrogens with two attached hydrogens (primary N) is 1. The fourth-order valence-electron chi connectivity index (χ4n) is 1.23. The lowest BCUT2D eigenvalue weighted by atomic mass is 10.1. The molecule has 1 rings (SSSR count). The van der Waals surface area contributed by atoms with Gasteiger partial charge in [-0.2, -0.15) is 0 Å². The third-order valence-corrected chi connectivity index (χ3v) is 2.32. The second kappa shape index (κ2) is 4.46. The molecule has 1 amide bonds. The van der Waals surface area contributed by atoms with Gasteiger partial charge < -0.3 is 10.5 Å². The minimum Gasteiger partial charge on any atom is -0.482 e. The molecule has 3 nitrogen and oxygen atoms in total. The van der Waals surface area contributed by atoms with Crippen LogP contribution < -0.4 is 10.5 Å². The average molecular weight is 258 g/mol. The molecule has 1 aromatic carbocycles. The lowest BCUT2D eigenvalue weighted by molar-refractivity contribution is -0.119. The van der Waals surface area contributed by atoms with Gasteiger partial charge in [-0.15, -0.1) is 0 Å². The predicted molar refractivity (Wildman–Crippen MR) is 58.3 cm³/mol. The fourth-order valence-corrected chi connectivity index (χ4v) is 2.02. The van der Waals surface area contributed by atoms with Crippen molar-refractivity contribution in [3.63, 3.8) is 0 Å². The summed E-state index contributed by atoms with van der Waals surface area (Å²) in [6.07, 6.45) is 0. The molecule has 0 unspecified atom stereocenters. The van der Waals surface area contributed by atoms with Crippen LogP contribution in [0.4, 0.5) is 0 Å². The Morgan fingerprint density at radius 3 is 2.64 bits per heavy atom. The van der Waals surface area contributed by atoms with E-state index in [1.807, 2.05) is 26.0 Å². The van der Waals surface area contributed by atoms with Crippen molar-refractivity contribution in [3.05, 3.63) is 27.7 Å². The van der Waals surface area contributed by atoms with Crippen LogP contribution in [-0.4, -0.2) is 12.5 Å². The average Bonchev–Trinajstić information content (AvgIpc) is 2.01. The predicted octanol–water partition coefficient (Wildman–Crippen LogP) is 1.93. The number of carbonyl (C=O) groups is 1. The second-order valence-electron chi connectivity index (χ2n) is 3.15. The topological polar surface area (TPSA) is 52.3 Å². The zero-order valence-electron chi connectivity index (χ0n) is 8.13. The minimum atomic E-state index is -0.475. The molecule has 0 heterocycles. The van der Waals surface area contributed by atoms with Crippen molar-refractivity contribution in [2.45, 2.75) is 13.8 Å². The zero-order chi connectivity index (χ0) is 10.7. The highest BCUT2D eigenvalue weighted by molar-refractivity contribution is 9.10. The van der Waals surface area contributed by atoms with Gasteiger partial charge in [-0.1, -0.05) is 6.07 Å². The Hall–Kier alpha value is -1.03. The molecule has 0 bridgehead atoms. The molecule has 1 aromatic rings. The molecule has 76 valence electrons. The van der Waals surface area contributed by atoms with Crippen LogP contribution in [0.25, 0.3) is 0 Å². The van der Waals surface area contributed by atoms with Crippen LogP contribution >= 0.6 is 15.9 Å². The summed E-state index contributed by atoms with van der Waals surface area (Å²) in [6.45, 7) is 3.83. The molecule has 0 aliphatic rings. The first-order chi connectivity index (χ1) is 6.50. The molecule has 14 heavy (non-hydrogen) atoms. The number of benzene rings is 1. The van der Waals surface area contributed by atoms with Crippen LogP contribution in [0.1, 0.15) is 11.1 Å². The molecular weight excluding hydrogens is 246 g/mol. The highest BCUT2D eigenvalue weighted by Gasteiger charge is 2.07. The molecule has 0 spiro atoms. The number of hydrogen-bond acceptors (Lipinski definition) is 2. The van der Waals surface area contributed by atoms with Gasteiger partial charge in [-0.3, -0.25) is 4.79 Å². The van der Waals surface area contributed by atoms with Gasteiger partial charge >= 0.3 is 0 Å². The number of primary amides is 1. The largest absolute Gasteiger partial charge is 0.482 e. The highest BCUT2D eigenvalue weighted by Crippen LogP contribution is 2.29. The van der Waals surface area contributed by atoms with Crippen molar-refractivity contribution in [2.24, 2.45) is 5.73 Å².